The minimum absolute atomic E-state index is 0.133. The first-order valence-corrected chi connectivity index (χ1v) is 6.47. The molecule has 0 heterocycles. The molecule has 1 aromatic rings. The van der Waals surface area contributed by atoms with Crippen LogP contribution in [-0.2, 0) is 0 Å². The van der Waals surface area contributed by atoms with Crippen LogP contribution in [0.1, 0.15) is 31.4 Å². The van der Waals surface area contributed by atoms with Crippen LogP contribution in [0, 0.1) is 5.82 Å². The summed E-state index contributed by atoms with van der Waals surface area (Å²) < 4.78 is 13.3. The van der Waals surface area contributed by atoms with Crippen molar-refractivity contribution >= 4 is 11.6 Å². The maximum absolute atomic E-state index is 13.3. The molecule has 0 fully saturated rings. The van der Waals surface area contributed by atoms with Crippen molar-refractivity contribution in [1.29, 1.82) is 0 Å². The highest BCUT2D eigenvalue weighted by atomic mass is 35.5. The van der Waals surface area contributed by atoms with Crippen LogP contribution in [0.3, 0.4) is 0 Å². The number of nitrogens with two attached hydrogens (primary N) is 1. The van der Waals surface area contributed by atoms with Crippen molar-refractivity contribution in [1.82, 2.24) is 5.32 Å². The van der Waals surface area contributed by atoms with Crippen LogP contribution in [0.5, 0.6) is 0 Å². The number of aliphatic hydroxyl groups excluding tert-OH is 1. The second-order valence-electron chi connectivity index (χ2n) is 4.42. The Morgan fingerprint density at radius 1 is 1.44 bits per heavy atom. The summed E-state index contributed by atoms with van der Waals surface area (Å²) in [6.07, 6.45) is 1.57. The van der Waals surface area contributed by atoms with Gasteiger partial charge >= 0.3 is 0 Å². The molecule has 0 bridgehead atoms. The van der Waals surface area contributed by atoms with Gasteiger partial charge in [-0.3, -0.25) is 0 Å². The Hall–Kier alpha value is -0.680. The van der Waals surface area contributed by atoms with Gasteiger partial charge in [0.1, 0.15) is 5.82 Å². The van der Waals surface area contributed by atoms with E-state index in [9.17, 15) is 4.39 Å². The molecule has 4 N–H and O–H groups in total. The molecular formula is C13H20ClFN2O. The maximum atomic E-state index is 13.3. The molecule has 0 amide bonds. The van der Waals surface area contributed by atoms with E-state index in [1.807, 2.05) is 6.92 Å². The SMILES string of the molecule is CC(CCCO)NC(CN)c1cc(F)cc(Cl)c1. The number of rotatable bonds is 7. The van der Waals surface area contributed by atoms with Gasteiger partial charge in [-0.2, -0.15) is 0 Å². The Morgan fingerprint density at radius 3 is 2.72 bits per heavy atom. The average molecular weight is 275 g/mol. The lowest BCUT2D eigenvalue weighted by Crippen LogP contribution is -2.35. The molecule has 0 aromatic heterocycles. The van der Waals surface area contributed by atoms with Crippen molar-refractivity contribution in [2.75, 3.05) is 13.2 Å². The molecule has 2 atom stereocenters. The number of aliphatic hydroxyl groups is 1. The molecule has 1 rings (SSSR count). The second-order valence-corrected chi connectivity index (χ2v) is 4.86. The van der Waals surface area contributed by atoms with E-state index in [2.05, 4.69) is 5.32 Å². The van der Waals surface area contributed by atoms with E-state index in [-0.39, 0.29) is 24.5 Å². The van der Waals surface area contributed by atoms with E-state index in [0.29, 0.717) is 11.6 Å². The zero-order valence-electron chi connectivity index (χ0n) is 10.5. The van der Waals surface area contributed by atoms with Crippen molar-refractivity contribution in [3.63, 3.8) is 0 Å². The van der Waals surface area contributed by atoms with Gasteiger partial charge in [0.05, 0.1) is 0 Å². The van der Waals surface area contributed by atoms with Crippen LogP contribution in [0.25, 0.3) is 0 Å². The highest BCUT2D eigenvalue weighted by Gasteiger charge is 2.14. The van der Waals surface area contributed by atoms with Crippen LogP contribution in [0.4, 0.5) is 4.39 Å². The van der Waals surface area contributed by atoms with Gasteiger partial charge in [0.15, 0.2) is 0 Å². The summed E-state index contributed by atoms with van der Waals surface area (Å²) >= 11 is 5.83. The lowest BCUT2D eigenvalue weighted by atomic mass is 10.0. The van der Waals surface area contributed by atoms with E-state index in [0.717, 1.165) is 18.4 Å². The Labute approximate surface area is 112 Å². The summed E-state index contributed by atoms with van der Waals surface area (Å²) in [6, 6.07) is 4.50. The molecule has 0 aliphatic heterocycles. The average Bonchev–Trinajstić information content (AvgIpc) is 2.32. The van der Waals surface area contributed by atoms with Gasteiger partial charge < -0.3 is 16.2 Å². The summed E-state index contributed by atoms with van der Waals surface area (Å²) in [5.74, 6) is -0.360. The fraction of sp³-hybridized carbons (Fsp3) is 0.538. The Bertz CT molecular complexity index is 356. The van der Waals surface area contributed by atoms with E-state index >= 15 is 0 Å². The fourth-order valence-corrected chi connectivity index (χ4v) is 2.13. The van der Waals surface area contributed by atoms with Crippen molar-refractivity contribution in [2.45, 2.75) is 31.8 Å². The minimum atomic E-state index is -0.360. The highest BCUT2D eigenvalue weighted by molar-refractivity contribution is 6.30. The van der Waals surface area contributed by atoms with Gasteiger partial charge in [-0.25, -0.2) is 4.39 Å². The predicted molar refractivity (Wildman–Crippen MR) is 72.1 cm³/mol. The second kappa shape index (κ2) is 7.69. The molecule has 0 saturated heterocycles. The molecule has 18 heavy (non-hydrogen) atoms. The van der Waals surface area contributed by atoms with E-state index < -0.39 is 0 Å². The molecule has 0 saturated carbocycles. The normalized spacial score (nSPS) is 14.5. The Morgan fingerprint density at radius 2 is 2.17 bits per heavy atom. The van der Waals surface area contributed by atoms with Crippen molar-refractivity contribution in [3.05, 3.63) is 34.6 Å². The third-order valence-electron chi connectivity index (χ3n) is 2.80. The van der Waals surface area contributed by atoms with Crippen molar-refractivity contribution in [2.24, 2.45) is 5.73 Å². The quantitative estimate of drug-likeness (QED) is 0.715. The number of hydrogen-bond donors (Lipinski definition) is 3. The van der Waals surface area contributed by atoms with Gasteiger partial charge in [0.25, 0.3) is 0 Å². The van der Waals surface area contributed by atoms with Crippen molar-refractivity contribution < 1.29 is 9.50 Å². The van der Waals surface area contributed by atoms with Gasteiger partial charge in [0.2, 0.25) is 0 Å². The smallest absolute Gasteiger partial charge is 0.125 e. The zero-order chi connectivity index (χ0) is 13.5. The van der Waals surface area contributed by atoms with Gasteiger partial charge in [-0.1, -0.05) is 11.6 Å². The maximum Gasteiger partial charge on any atom is 0.125 e. The third kappa shape index (κ3) is 4.90. The summed E-state index contributed by atoms with van der Waals surface area (Å²) in [5.41, 5.74) is 6.45. The molecule has 2 unspecified atom stereocenters. The topological polar surface area (TPSA) is 58.3 Å². The number of benzene rings is 1. The first kappa shape index (κ1) is 15.4. The first-order chi connectivity index (χ1) is 8.56. The molecule has 1 aromatic carbocycles. The monoisotopic (exact) mass is 274 g/mol. The van der Waals surface area contributed by atoms with Crippen LogP contribution < -0.4 is 11.1 Å². The Balaban J connectivity index is 2.70. The van der Waals surface area contributed by atoms with Gasteiger partial charge in [-0.05, 0) is 43.5 Å². The van der Waals surface area contributed by atoms with Crippen LogP contribution >= 0.6 is 11.6 Å². The number of hydrogen-bond acceptors (Lipinski definition) is 3. The molecule has 102 valence electrons. The van der Waals surface area contributed by atoms with Crippen LogP contribution in [-0.4, -0.2) is 24.3 Å². The molecule has 3 nitrogen and oxygen atoms in total. The third-order valence-corrected chi connectivity index (χ3v) is 3.02. The van der Waals surface area contributed by atoms with E-state index in [1.165, 1.54) is 12.1 Å². The lowest BCUT2D eigenvalue weighted by molar-refractivity contribution is 0.274. The van der Waals surface area contributed by atoms with Crippen molar-refractivity contribution in [3.8, 4) is 0 Å². The number of nitrogens with one attached hydrogen (secondary N) is 1. The zero-order valence-corrected chi connectivity index (χ0v) is 11.3. The molecule has 0 aliphatic carbocycles. The molecule has 0 aliphatic rings. The van der Waals surface area contributed by atoms with Gasteiger partial charge in [-0.15, -0.1) is 0 Å². The highest BCUT2D eigenvalue weighted by Crippen LogP contribution is 2.20. The molecule has 0 spiro atoms. The van der Waals surface area contributed by atoms with Crippen LogP contribution in [0.15, 0.2) is 18.2 Å². The molecule has 5 heteroatoms. The van der Waals surface area contributed by atoms with Crippen LogP contribution in [0.2, 0.25) is 5.02 Å². The summed E-state index contributed by atoms with van der Waals surface area (Å²) in [6.45, 7) is 2.55. The predicted octanol–water partition coefficient (Wildman–Crippen LogP) is 2.23. The van der Waals surface area contributed by atoms with Gasteiger partial charge in [0, 0.05) is 30.3 Å². The largest absolute Gasteiger partial charge is 0.396 e. The number of halogens is 2. The first-order valence-electron chi connectivity index (χ1n) is 6.09. The summed E-state index contributed by atoms with van der Waals surface area (Å²) in [4.78, 5) is 0. The summed E-state index contributed by atoms with van der Waals surface area (Å²) in [7, 11) is 0. The van der Waals surface area contributed by atoms with E-state index in [4.69, 9.17) is 22.4 Å². The standard InChI is InChI=1S/C13H20ClFN2O/c1-9(3-2-4-18)17-13(8-16)10-5-11(14)7-12(15)6-10/h5-7,9,13,17-18H,2-4,8,16H2,1H3. The minimum Gasteiger partial charge on any atom is -0.396 e. The molecule has 0 radical (unpaired) electrons. The lowest BCUT2D eigenvalue weighted by Gasteiger charge is -2.22. The fourth-order valence-electron chi connectivity index (χ4n) is 1.90. The van der Waals surface area contributed by atoms with E-state index in [1.54, 1.807) is 6.07 Å². The summed E-state index contributed by atoms with van der Waals surface area (Å²) in [5, 5.41) is 12.5. The molecular weight excluding hydrogens is 255 g/mol. The Kier molecular flexibility index (Phi) is 6.57.